The van der Waals surface area contributed by atoms with E-state index in [0.29, 0.717) is 0 Å². The van der Waals surface area contributed by atoms with E-state index in [1.807, 2.05) is 0 Å². The van der Waals surface area contributed by atoms with E-state index < -0.39 is 27.4 Å². The lowest BCUT2D eigenvalue weighted by atomic mass is 10.4. The summed E-state index contributed by atoms with van der Waals surface area (Å²) in [4.78, 5) is 10.1. The van der Waals surface area contributed by atoms with Crippen LogP contribution >= 0.6 is 11.6 Å². The molecule has 0 fully saturated rings. The second-order valence-electron chi connectivity index (χ2n) is 4.20. The number of hydrogen-bond acceptors (Lipinski definition) is 5. The monoisotopic (exact) mass is 504 g/mol. The van der Waals surface area contributed by atoms with Crippen molar-refractivity contribution < 1.29 is 52.5 Å². The summed E-state index contributed by atoms with van der Waals surface area (Å²) in [6, 6.07) is 20.5. The first-order valence-electron chi connectivity index (χ1n) is 6.50. The second kappa shape index (κ2) is 10.00. The van der Waals surface area contributed by atoms with Gasteiger partial charge in [0.25, 0.3) is 0 Å². The summed E-state index contributed by atoms with van der Waals surface area (Å²) >= 11 is 4.71. The van der Waals surface area contributed by atoms with Gasteiger partial charge >= 0.3 is 32.4 Å². The van der Waals surface area contributed by atoms with Crippen molar-refractivity contribution in [1.82, 2.24) is 0 Å². The smallest absolute Gasteiger partial charge is 0.428 e. The summed E-state index contributed by atoms with van der Waals surface area (Å²) in [5, 5.41) is -5.08. The fraction of sp³-hybridized carbons (Fsp3) is 0.133. The molecular weight excluding hydrogens is 493 g/mol. The molecule has 136 valence electrons. The summed E-state index contributed by atoms with van der Waals surface area (Å²) in [6.45, 7) is 0. The zero-order chi connectivity index (χ0) is 18.9. The van der Waals surface area contributed by atoms with Gasteiger partial charge in [-0.2, -0.15) is 8.78 Å². The van der Waals surface area contributed by atoms with Crippen LogP contribution < -0.4 is 21.2 Å². The molecule has 0 spiro atoms. The van der Waals surface area contributed by atoms with Crippen LogP contribution in [-0.4, -0.2) is 30.3 Å². The summed E-state index contributed by atoms with van der Waals surface area (Å²) in [7, 11) is -6.04. The molecule has 0 unspecified atom stereocenters. The first kappa shape index (κ1) is 21.7. The molecule has 0 aliphatic rings. The SMILES string of the molecule is O=C(OCCl)C(F)(F)S(=O)(=O)[O-].c1ccc([I+]c2ccccc2)cc1. The van der Waals surface area contributed by atoms with E-state index in [2.05, 4.69) is 77.0 Å². The van der Waals surface area contributed by atoms with Crippen LogP contribution in [-0.2, 0) is 19.6 Å². The highest BCUT2D eigenvalue weighted by molar-refractivity contribution is 7.87. The molecule has 0 aliphatic carbocycles. The van der Waals surface area contributed by atoms with Crippen molar-refractivity contribution in [3.05, 3.63) is 67.8 Å². The molecule has 25 heavy (non-hydrogen) atoms. The maximum atomic E-state index is 12.1. The normalized spacial score (nSPS) is 11.2. The summed E-state index contributed by atoms with van der Waals surface area (Å²) < 4.78 is 59.7. The zero-order valence-electron chi connectivity index (χ0n) is 12.4. The highest BCUT2D eigenvalue weighted by Crippen LogP contribution is 2.21. The van der Waals surface area contributed by atoms with Crippen LogP contribution in [0.5, 0.6) is 0 Å². The standard InChI is InChI=1S/C12H10I.C3H3ClF2O5S/c1-3-7-11(8-4-1)13-12-9-5-2-6-10-12;4-1-11-2(7)3(5,6)12(8,9)10/h1-10H;1H2,(H,8,9,10)/q+1;/p-1. The molecule has 5 nitrogen and oxygen atoms in total. The summed E-state index contributed by atoms with van der Waals surface area (Å²) in [5.41, 5.74) is 0. The molecular formula is C15H12ClF2IO5S. The predicted octanol–water partition coefficient (Wildman–Crippen LogP) is -0.321. The Morgan fingerprint density at radius 3 is 1.76 bits per heavy atom. The van der Waals surface area contributed by atoms with Gasteiger partial charge in [0, 0.05) is 0 Å². The molecule has 0 aromatic heterocycles. The van der Waals surface area contributed by atoms with Crippen LogP contribution in [0, 0.1) is 7.14 Å². The Labute approximate surface area is 159 Å². The summed E-state index contributed by atoms with van der Waals surface area (Å²) in [5.74, 6) is -2.48. The highest BCUT2D eigenvalue weighted by Gasteiger charge is 2.48. The third-order valence-corrected chi connectivity index (χ3v) is 6.01. The van der Waals surface area contributed by atoms with Gasteiger partial charge in [-0.15, -0.1) is 0 Å². The Bertz CT molecular complexity index is 736. The zero-order valence-corrected chi connectivity index (χ0v) is 16.2. The van der Waals surface area contributed by atoms with Crippen LogP contribution in [0.4, 0.5) is 8.78 Å². The first-order chi connectivity index (χ1) is 11.7. The Morgan fingerprint density at radius 2 is 1.44 bits per heavy atom. The molecule has 0 amide bonds. The Balaban J connectivity index is 0.000000252. The lowest BCUT2D eigenvalue weighted by Gasteiger charge is -2.16. The number of ether oxygens (including phenoxy) is 1. The highest BCUT2D eigenvalue weighted by atomic mass is 127. The van der Waals surface area contributed by atoms with Crippen LogP contribution in [0.25, 0.3) is 0 Å². The number of benzene rings is 2. The number of carbonyl (C=O) groups excluding carboxylic acids is 1. The van der Waals surface area contributed by atoms with Crippen LogP contribution in [0.3, 0.4) is 0 Å². The Kier molecular flexibility index (Phi) is 8.69. The van der Waals surface area contributed by atoms with Gasteiger partial charge in [-0.25, -0.2) is 13.2 Å². The Morgan fingerprint density at radius 1 is 1.04 bits per heavy atom. The minimum Gasteiger partial charge on any atom is -0.743 e. The lowest BCUT2D eigenvalue weighted by molar-refractivity contribution is -0.597. The molecule has 2 rings (SSSR count). The maximum absolute atomic E-state index is 12.1. The van der Waals surface area contributed by atoms with E-state index in [1.165, 1.54) is 7.14 Å². The molecule has 0 aliphatic heterocycles. The van der Waals surface area contributed by atoms with Crippen molar-refractivity contribution in [2.75, 3.05) is 6.07 Å². The molecule has 2 aromatic carbocycles. The summed E-state index contributed by atoms with van der Waals surface area (Å²) in [6.07, 6.45) is 0. The Hall–Kier alpha value is -1.30. The molecule has 0 saturated heterocycles. The third-order valence-electron chi connectivity index (χ3n) is 2.42. The number of hydrogen-bond donors (Lipinski definition) is 0. The van der Waals surface area contributed by atoms with Gasteiger partial charge in [-0.3, -0.25) is 0 Å². The van der Waals surface area contributed by atoms with Crippen LogP contribution in [0.2, 0.25) is 0 Å². The van der Waals surface area contributed by atoms with E-state index in [4.69, 9.17) is 0 Å². The molecule has 0 saturated carbocycles. The minimum atomic E-state index is -6.04. The van der Waals surface area contributed by atoms with Crippen molar-refractivity contribution in [2.45, 2.75) is 5.25 Å². The molecule has 0 bridgehead atoms. The molecule has 0 atom stereocenters. The minimum absolute atomic E-state index is 0.0287. The molecule has 10 heteroatoms. The van der Waals surface area contributed by atoms with E-state index in [1.54, 1.807) is 0 Å². The van der Waals surface area contributed by atoms with Gasteiger partial charge in [-0.05, 0) is 24.3 Å². The number of carbonyl (C=O) groups is 1. The molecule has 2 aromatic rings. The number of halogens is 4. The van der Waals surface area contributed by atoms with E-state index in [0.717, 1.165) is 0 Å². The van der Waals surface area contributed by atoms with E-state index >= 15 is 0 Å². The van der Waals surface area contributed by atoms with Crippen LogP contribution in [0.15, 0.2) is 60.7 Å². The van der Waals surface area contributed by atoms with Gasteiger partial charge in [0.2, 0.25) is 0 Å². The largest absolute Gasteiger partial charge is 0.743 e. The quantitative estimate of drug-likeness (QED) is 0.241. The molecule has 0 heterocycles. The van der Waals surface area contributed by atoms with Crippen molar-refractivity contribution in [1.29, 1.82) is 0 Å². The predicted molar refractivity (Wildman–Crippen MR) is 81.7 cm³/mol. The van der Waals surface area contributed by atoms with Gasteiger partial charge in [-0.1, -0.05) is 48.0 Å². The number of alkyl halides is 3. The van der Waals surface area contributed by atoms with Gasteiger partial charge < -0.3 is 9.29 Å². The second-order valence-corrected chi connectivity index (χ2v) is 8.87. The van der Waals surface area contributed by atoms with Crippen molar-refractivity contribution in [3.8, 4) is 0 Å². The van der Waals surface area contributed by atoms with Crippen molar-refractivity contribution in [3.63, 3.8) is 0 Å². The number of rotatable bonds is 5. The van der Waals surface area contributed by atoms with E-state index in [-0.39, 0.29) is 21.2 Å². The van der Waals surface area contributed by atoms with Gasteiger partial charge in [0.15, 0.2) is 23.3 Å². The molecule has 0 N–H and O–H groups in total. The first-order valence-corrected chi connectivity index (χ1v) is 10.6. The average Bonchev–Trinajstić information content (AvgIpc) is 2.56. The lowest BCUT2D eigenvalue weighted by Crippen LogP contribution is -3.61. The third kappa shape index (κ3) is 7.22. The van der Waals surface area contributed by atoms with E-state index in [9.17, 15) is 26.5 Å². The van der Waals surface area contributed by atoms with Crippen molar-refractivity contribution in [2.24, 2.45) is 0 Å². The average molecular weight is 505 g/mol. The van der Waals surface area contributed by atoms with Crippen molar-refractivity contribution >= 4 is 27.7 Å². The van der Waals surface area contributed by atoms with Gasteiger partial charge in [0.1, 0.15) is 0 Å². The van der Waals surface area contributed by atoms with Crippen LogP contribution in [0.1, 0.15) is 0 Å². The maximum Gasteiger partial charge on any atom is 0.428 e. The van der Waals surface area contributed by atoms with Gasteiger partial charge in [0.05, 0.1) is 0 Å². The number of esters is 1. The topological polar surface area (TPSA) is 83.5 Å². The fourth-order valence-electron chi connectivity index (χ4n) is 1.32. The molecule has 0 radical (unpaired) electrons. The fourth-order valence-corrected chi connectivity index (χ4v) is 3.95.